The molecule has 108 valence electrons. The van der Waals surface area contributed by atoms with E-state index >= 15 is 0 Å². The number of hydrogen-bond acceptors (Lipinski definition) is 4. The first-order chi connectivity index (χ1) is 10.3. The minimum Gasteiger partial charge on any atom is -0.490 e. The fourth-order valence-corrected chi connectivity index (χ4v) is 2.46. The Hall–Kier alpha value is -2.30. The Labute approximate surface area is 122 Å². The molecule has 2 aliphatic heterocycles. The molecule has 0 bridgehead atoms. The molecule has 21 heavy (non-hydrogen) atoms. The molecule has 0 radical (unpaired) electrons. The molecule has 0 saturated heterocycles. The van der Waals surface area contributed by atoms with Crippen LogP contribution < -0.4 is 14.8 Å². The van der Waals surface area contributed by atoms with Crippen molar-refractivity contribution in [3.05, 3.63) is 29.5 Å². The SMILES string of the molecule is O=C1NC(C2CC2)=N/C1=C/c1ccc2c(c1)OCCCO2. The third-order valence-corrected chi connectivity index (χ3v) is 3.75. The zero-order valence-corrected chi connectivity index (χ0v) is 11.6. The normalized spacial score (nSPS) is 22.8. The number of fused-ring (bicyclic) bond motifs is 1. The summed E-state index contributed by atoms with van der Waals surface area (Å²) in [4.78, 5) is 16.3. The fraction of sp³-hybridized carbons (Fsp3) is 0.375. The van der Waals surface area contributed by atoms with Crippen molar-refractivity contribution in [1.29, 1.82) is 0 Å². The summed E-state index contributed by atoms with van der Waals surface area (Å²) in [6, 6.07) is 5.69. The molecule has 1 aromatic carbocycles. The lowest BCUT2D eigenvalue weighted by Crippen LogP contribution is -2.25. The van der Waals surface area contributed by atoms with Crippen LogP contribution in [0.2, 0.25) is 0 Å². The van der Waals surface area contributed by atoms with Crippen LogP contribution in [0.3, 0.4) is 0 Å². The minimum atomic E-state index is -0.121. The van der Waals surface area contributed by atoms with E-state index in [9.17, 15) is 4.79 Å². The van der Waals surface area contributed by atoms with Crippen LogP contribution >= 0.6 is 0 Å². The fourth-order valence-electron chi connectivity index (χ4n) is 2.46. The lowest BCUT2D eigenvalue weighted by atomic mass is 10.1. The summed E-state index contributed by atoms with van der Waals surface area (Å²) in [5.41, 5.74) is 1.36. The summed E-state index contributed by atoms with van der Waals surface area (Å²) in [6.07, 6.45) is 4.91. The number of hydrogen-bond donors (Lipinski definition) is 1. The first kappa shape index (κ1) is 12.4. The average Bonchev–Trinajstić information content (AvgIpc) is 3.28. The number of nitrogens with zero attached hydrogens (tertiary/aromatic N) is 1. The molecule has 0 aromatic heterocycles. The molecule has 1 fully saturated rings. The second-order valence-electron chi connectivity index (χ2n) is 5.51. The summed E-state index contributed by atoms with van der Waals surface area (Å²) in [7, 11) is 0. The van der Waals surface area contributed by atoms with Crippen LogP contribution in [0.15, 0.2) is 28.9 Å². The van der Waals surface area contributed by atoms with Gasteiger partial charge in [-0.2, -0.15) is 0 Å². The maximum atomic E-state index is 11.9. The molecule has 5 heteroatoms. The van der Waals surface area contributed by atoms with Gasteiger partial charge in [0.05, 0.1) is 13.2 Å². The highest BCUT2D eigenvalue weighted by Crippen LogP contribution is 2.33. The Morgan fingerprint density at radius 2 is 2.00 bits per heavy atom. The molecule has 0 atom stereocenters. The number of carbonyl (C=O) groups is 1. The zero-order chi connectivity index (χ0) is 14.2. The van der Waals surface area contributed by atoms with E-state index in [1.807, 2.05) is 18.2 Å². The third kappa shape index (κ3) is 2.51. The van der Waals surface area contributed by atoms with E-state index in [2.05, 4.69) is 10.3 Å². The van der Waals surface area contributed by atoms with Crippen molar-refractivity contribution in [2.24, 2.45) is 10.9 Å². The van der Waals surface area contributed by atoms with Crippen LogP contribution in [0, 0.1) is 5.92 Å². The molecule has 0 spiro atoms. The van der Waals surface area contributed by atoms with E-state index < -0.39 is 0 Å². The molecule has 1 amide bonds. The van der Waals surface area contributed by atoms with Crippen molar-refractivity contribution in [2.45, 2.75) is 19.3 Å². The largest absolute Gasteiger partial charge is 0.490 e. The van der Waals surface area contributed by atoms with E-state index in [0.29, 0.717) is 24.8 Å². The van der Waals surface area contributed by atoms with Gasteiger partial charge in [-0.1, -0.05) is 6.07 Å². The average molecular weight is 284 g/mol. The third-order valence-electron chi connectivity index (χ3n) is 3.75. The second kappa shape index (κ2) is 4.91. The van der Waals surface area contributed by atoms with E-state index in [0.717, 1.165) is 42.2 Å². The van der Waals surface area contributed by atoms with Gasteiger partial charge in [0.2, 0.25) is 0 Å². The van der Waals surface area contributed by atoms with Gasteiger partial charge in [-0.15, -0.1) is 0 Å². The first-order valence-electron chi connectivity index (χ1n) is 7.31. The smallest absolute Gasteiger partial charge is 0.275 e. The number of ether oxygens (including phenoxy) is 2. The zero-order valence-electron chi connectivity index (χ0n) is 11.6. The first-order valence-corrected chi connectivity index (χ1v) is 7.31. The molecule has 2 heterocycles. The molecular weight excluding hydrogens is 268 g/mol. The van der Waals surface area contributed by atoms with Crippen LogP contribution in [0.1, 0.15) is 24.8 Å². The maximum absolute atomic E-state index is 11.9. The summed E-state index contributed by atoms with van der Waals surface area (Å²) < 4.78 is 11.3. The van der Waals surface area contributed by atoms with Crippen LogP contribution in [0.5, 0.6) is 11.5 Å². The second-order valence-corrected chi connectivity index (χ2v) is 5.51. The molecule has 4 rings (SSSR count). The summed E-state index contributed by atoms with van der Waals surface area (Å²) >= 11 is 0. The van der Waals surface area contributed by atoms with Gasteiger partial charge in [-0.3, -0.25) is 4.79 Å². The number of carbonyl (C=O) groups excluding carboxylic acids is 1. The monoisotopic (exact) mass is 284 g/mol. The van der Waals surface area contributed by atoms with Crippen molar-refractivity contribution in [3.63, 3.8) is 0 Å². The highest BCUT2D eigenvalue weighted by molar-refractivity contribution is 6.15. The van der Waals surface area contributed by atoms with Crippen molar-refractivity contribution in [3.8, 4) is 11.5 Å². The van der Waals surface area contributed by atoms with Gasteiger partial charge in [0.25, 0.3) is 5.91 Å². The molecule has 1 aliphatic carbocycles. The van der Waals surface area contributed by atoms with Gasteiger partial charge in [0, 0.05) is 12.3 Å². The molecule has 5 nitrogen and oxygen atoms in total. The van der Waals surface area contributed by atoms with E-state index in [1.54, 1.807) is 6.08 Å². The van der Waals surface area contributed by atoms with Gasteiger partial charge in [0.15, 0.2) is 11.5 Å². The van der Waals surface area contributed by atoms with Crippen molar-refractivity contribution < 1.29 is 14.3 Å². The summed E-state index contributed by atoms with van der Waals surface area (Å²) in [5, 5.41) is 2.85. The lowest BCUT2D eigenvalue weighted by molar-refractivity contribution is -0.115. The molecule has 1 aromatic rings. The number of aliphatic imine (C=N–C) groups is 1. The van der Waals surface area contributed by atoms with Gasteiger partial charge < -0.3 is 14.8 Å². The quantitative estimate of drug-likeness (QED) is 0.846. The Morgan fingerprint density at radius 1 is 1.19 bits per heavy atom. The van der Waals surface area contributed by atoms with E-state index in [-0.39, 0.29) is 5.91 Å². The number of amides is 1. The number of amidine groups is 1. The predicted molar refractivity (Wildman–Crippen MR) is 78.3 cm³/mol. The van der Waals surface area contributed by atoms with Crippen molar-refractivity contribution in [1.82, 2.24) is 5.32 Å². The molecule has 3 aliphatic rings. The van der Waals surface area contributed by atoms with Gasteiger partial charge in [-0.25, -0.2) is 4.99 Å². The number of nitrogens with one attached hydrogen (secondary N) is 1. The number of rotatable bonds is 2. The summed E-state index contributed by atoms with van der Waals surface area (Å²) in [6.45, 7) is 1.32. The van der Waals surface area contributed by atoms with Crippen LogP contribution in [0.4, 0.5) is 0 Å². The Balaban J connectivity index is 1.63. The Bertz CT molecular complexity index is 659. The highest BCUT2D eigenvalue weighted by atomic mass is 16.5. The van der Waals surface area contributed by atoms with Gasteiger partial charge in [-0.05, 0) is 36.6 Å². The van der Waals surface area contributed by atoms with Gasteiger partial charge in [0.1, 0.15) is 11.5 Å². The predicted octanol–water partition coefficient (Wildman–Crippen LogP) is 2.13. The van der Waals surface area contributed by atoms with Crippen LogP contribution in [-0.4, -0.2) is 25.0 Å². The Morgan fingerprint density at radius 3 is 2.81 bits per heavy atom. The Kier molecular flexibility index (Phi) is 2.91. The maximum Gasteiger partial charge on any atom is 0.275 e. The van der Waals surface area contributed by atoms with Crippen LogP contribution in [-0.2, 0) is 4.79 Å². The van der Waals surface area contributed by atoms with Crippen molar-refractivity contribution >= 4 is 17.8 Å². The van der Waals surface area contributed by atoms with Crippen LogP contribution in [0.25, 0.3) is 6.08 Å². The van der Waals surface area contributed by atoms with E-state index in [4.69, 9.17) is 9.47 Å². The molecule has 0 unspecified atom stereocenters. The highest BCUT2D eigenvalue weighted by Gasteiger charge is 2.33. The lowest BCUT2D eigenvalue weighted by Gasteiger charge is -2.07. The molecule has 1 saturated carbocycles. The van der Waals surface area contributed by atoms with Gasteiger partial charge >= 0.3 is 0 Å². The summed E-state index contributed by atoms with van der Waals surface area (Å²) in [5.74, 6) is 2.63. The minimum absolute atomic E-state index is 0.121. The molecular formula is C16H16N2O3. The topological polar surface area (TPSA) is 59.9 Å². The standard InChI is InChI=1S/C16H16N2O3/c19-16-12(17-15(18-16)11-3-4-11)8-10-2-5-13-14(9-10)21-7-1-6-20-13/h2,5,8-9,11H,1,3-4,6-7H2,(H,17,18,19)/b12-8+. The molecule has 1 N–H and O–H groups in total. The number of benzene rings is 1. The van der Waals surface area contributed by atoms with Crippen molar-refractivity contribution in [2.75, 3.05) is 13.2 Å². The van der Waals surface area contributed by atoms with E-state index in [1.165, 1.54) is 0 Å².